The summed E-state index contributed by atoms with van der Waals surface area (Å²) in [4.78, 5) is 0. The highest BCUT2D eigenvalue weighted by Crippen LogP contribution is 2.51. The first-order chi connectivity index (χ1) is 11.6. The van der Waals surface area contributed by atoms with Crippen LogP contribution in [0.5, 0.6) is 28.7 Å². The third kappa shape index (κ3) is 2.14. The Hall–Kier alpha value is -2.60. The first-order valence-corrected chi connectivity index (χ1v) is 7.74. The fourth-order valence-electron chi connectivity index (χ4n) is 3.38. The fraction of sp³-hybridized carbons (Fsp3) is 0.333. The predicted octanol–water partition coefficient (Wildman–Crippen LogP) is 2.61. The van der Waals surface area contributed by atoms with Crippen LogP contribution in [0.15, 0.2) is 30.3 Å². The maximum atomic E-state index is 10.6. The van der Waals surface area contributed by atoms with Crippen molar-refractivity contribution < 1.29 is 29.2 Å². The van der Waals surface area contributed by atoms with Crippen LogP contribution in [0.25, 0.3) is 0 Å². The van der Waals surface area contributed by atoms with Gasteiger partial charge in [0.1, 0.15) is 5.75 Å². The molecule has 2 aromatic carbocycles. The molecular formula is C18H18O6. The number of para-hydroxylation sites is 1. The summed E-state index contributed by atoms with van der Waals surface area (Å²) >= 11 is 0. The highest BCUT2D eigenvalue weighted by Gasteiger charge is 2.38. The van der Waals surface area contributed by atoms with Gasteiger partial charge in [0, 0.05) is 29.0 Å². The summed E-state index contributed by atoms with van der Waals surface area (Å²) in [6, 6.07) is 8.90. The zero-order valence-electron chi connectivity index (χ0n) is 13.4. The number of benzene rings is 2. The molecule has 4 rings (SSSR count). The molecule has 2 aromatic rings. The molecular weight excluding hydrogens is 312 g/mol. The lowest BCUT2D eigenvalue weighted by Crippen LogP contribution is -2.34. The minimum absolute atomic E-state index is 0.0644. The number of ether oxygens (including phenoxy) is 4. The van der Waals surface area contributed by atoms with Crippen molar-refractivity contribution in [1.82, 2.24) is 0 Å². The molecule has 0 fully saturated rings. The van der Waals surface area contributed by atoms with Crippen LogP contribution >= 0.6 is 0 Å². The molecule has 2 N–H and O–H groups in total. The Labute approximate surface area is 139 Å². The van der Waals surface area contributed by atoms with Crippen molar-refractivity contribution in [3.8, 4) is 28.7 Å². The molecule has 0 saturated carbocycles. The van der Waals surface area contributed by atoms with E-state index in [2.05, 4.69) is 0 Å². The minimum atomic E-state index is -0.992. The van der Waals surface area contributed by atoms with Crippen LogP contribution in [0.1, 0.15) is 24.0 Å². The molecule has 0 spiro atoms. The van der Waals surface area contributed by atoms with Crippen LogP contribution in [0.2, 0.25) is 0 Å². The van der Waals surface area contributed by atoms with Gasteiger partial charge in [0.2, 0.25) is 13.1 Å². The number of phenolic OH excluding ortho intramolecular Hbond substituents is 1. The van der Waals surface area contributed by atoms with Gasteiger partial charge in [-0.05, 0) is 12.1 Å². The number of hydrogen-bond acceptors (Lipinski definition) is 6. The molecule has 0 saturated heterocycles. The molecule has 6 nitrogen and oxygen atoms in total. The molecule has 2 aliphatic heterocycles. The fourth-order valence-corrected chi connectivity index (χ4v) is 3.38. The topological polar surface area (TPSA) is 77.4 Å². The van der Waals surface area contributed by atoms with Crippen molar-refractivity contribution in [3.05, 3.63) is 41.5 Å². The summed E-state index contributed by atoms with van der Waals surface area (Å²) in [5.41, 5.74) is 1.50. The number of aliphatic hydroxyl groups excluding tert-OH is 1. The van der Waals surface area contributed by atoms with E-state index in [0.717, 1.165) is 5.56 Å². The van der Waals surface area contributed by atoms with Crippen LogP contribution in [0.3, 0.4) is 0 Å². The van der Waals surface area contributed by atoms with E-state index in [4.69, 9.17) is 18.9 Å². The summed E-state index contributed by atoms with van der Waals surface area (Å²) < 4.78 is 21.7. The third-order valence-electron chi connectivity index (χ3n) is 4.65. The van der Waals surface area contributed by atoms with E-state index in [1.807, 2.05) is 25.1 Å². The Morgan fingerprint density at radius 2 is 1.83 bits per heavy atom. The number of rotatable bonds is 2. The molecule has 0 aromatic heterocycles. The molecule has 0 unspecified atom stereocenters. The van der Waals surface area contributed by atoms with Gasteiger partial charge < -0.3 is 29.2 Å². The molecule has 2 heterocycles. The van der Waals surface area contributed by atoms with E-state index in [1.165, 1.54) is 7.11 Å². The lowest BCUT2D eigenvalue weighted by Gasteiger charge is -2.36. The van der Waals surface area contributed by atoms with Crippen molar-refractivity contribution in [1.29, 1.82) is 0 Å². The van der Waals surface area contributed by atoms with E-state index in [-0.39, 0.29) is 24.4 Å². The van der Waals surface area contributed by atoms with Crippen molar-refractivity contribution >= 4 is 0 Å². The summed E-state index contributed by atoms with van der Waals surface area (Å²) in [5.74, 6) is 1.66. The number of phenols is 1. The molecule has 0 radical (unpaired) electrons. The van der Waals surface area contributed by atoms with Crippen LogP contribution in [-0.4, -0.2) is 30.4 Å². The predicted molar refractivity (Wildman–Crippen MR) is 84.9 cm³/mol. The van der Waals surface area contributed by atoms with Crippen LogP contribution in [-0.2, 0) is 0 Å². The molecule has 6 heteroatoms. The average molecular weight is 330 g/mol. The molecule has 0 amide bonds. The van der Waals surface area contributed by atoms with Crippen LogP contribution < -0.4 is 18.9 Å². The SMILES string of the molecule is COc1cccc([C@@H]2c3cc4c(cc3O[C@H](O)[C@H]2C)OCO4)c1O. The van der Waals surface area contributed by atoms with Gasteiger partial charge in [0.05, 0.1) is 7.11 Å². The maximum Gasteiger partial charge on any atom is 0.231 e. The largest absolute Gasteiger partial charge is 0.504 e. The van der Waals surface area contributed by atoms with E-state index < -0.39 is 6.29 Å². The van der Waals surface area contributed by atoms with E-state index in [9.17, 15) is 10.2 Å². The van der Waals surface area contributed by atoms with E-state index >= 15 is 0 Å². The first kappa shape index (κ1) is 15.0. The number of aliphatic hydroxyl groups is 1. The lowest BCUT2D eigenvalue weighted by molar-refractivity contribution is -0.0730. The van der Waals surface area contributed by atoms with Gasteiger partial charge in [0.15, 0.2) is 23.0 Å². The van der Waals surface area contributed by atoms with Gasteiger partial charge in [-0.2, -0.15) is 0 Å². The second kappa shape index (κ2) is 5.49. The van der Waals surface area contributed by atoms with Crippen molar-refractivity contribution in [2.75, 3.05) is 13.9 Å². The van der Waals surface area contributed by atoms with Crippen molar-refractivity contribution in [3.63, 3.8) is 0 Å². The van der Waals surface area contributed by atoms with Gasteiger partial charge in [-0.3, -0.25) is 0 Å². The molecule has 3 atom stereocenters. The Balaban J connectivity index is 1.89. The second-order valence-corrected chi connectivity index (χ2v) is 5.99. The van der Waals surface area contributed by atoms with Gasteiger partial charge >= 0.3 is 0 Å². The van der Waals surface area contributed by atoms with Gasteiger partial charge in [-0.15, -0.1) is 0 Å². The smallest absolute Gasteiger partial charge is 0.231 e. The standard InChI is InChI=1S/C18H18O6/c1-9-16(10-4-3-5-12(21-2)17(10)19)11-6-14-15(23-8-22-14)7-13(11)24-18(9)20/h3-7,9,16,18-20H,8H2,1-2H3/t9-,16+,18-/m0/s1. The van der Waals surface area contributed by atoms with E-state index in [0.29, 0.717) is 28.6 Å². The monoisotopic (exact) mass is 330 g/mol. The number of aromatic hydroxyl groups is 1. The lowest BCUT2D eigenvalue weighted by atomic mass is 9.78. The second-order valence-electron chi connectivity index (χ2n) is 5.99. The quantitative estimate of drug-likeness (QED) is 0.881. The van der Waals surface area contributed by atoms with Crippen molar-refractivity contribution in [2.24, 2.45) is 5.92 Å². The molecule has 0 aliphatic carbocycles. The zero-order chi connectivity index (χ0) is 16.8. The molecule has 126 valence electrons. The molecule has 0 bridgehead atoms. The maximum absolute atomic E-state index is 10.6. The van der Waals surface area contributed by atoms with Gasteiger partial charge in [0.25, 0.3) is 0 Å². The highest BCUT2D eigenvalue weighted by atomic mass is 16.7. The Morgan fingerprint density at radius 1 is 1.08 bits per heavy atom. The summed E-state index contributed by atoms with van der Waals surface area (Å²) in [7, 11) is 1.51. The first-order valence-electron chi connectivity index (χ1n) is 7.74. The third-order valence-corrected chi connectivity index (χ3v) is 4.65. The molecule has 24 heavy (non-hydrogen) atoms. The van der Waals surface area contributed by atoms with Gasteiger partial charge in [-0.25, -0.2) is 0 Å². The Bertz CT molecular complexity index is 787. The van der Waals surface area contributed by atoms with Crippen LogP contribution in [0, 0.1) is 5.92 Å². The van der Waals surface area contributed by atoms with Gasteiger partial charge in [-0.1, -0.05) is 19.1 Å². The summed E-state index contributed by atoms with van der Waals surface area (Å²) in [6.45, 7) is 2.03. The zero-order valence-corrected chi connectivity index (χ0v) is 13.4. The molecule has 2 aliphatic rings. The Morgan fingerprint density at radius 3 is 2.58 bits per heavy atom. The Kier molecular flexibility index (Phi) is 3.42. The van der Waals surface area contributed by atoms with Crippen LogP contribution in [0.4, 0.5) is 0 Å². The highest BCUT2D eigenvalue weighted by molar-refractivity contribution is 5.58. The number of hydrogen-bond donors (Lipinski definition) is 2. The summed E-state index contributed by atoms with van der Waals surface area (Å²) in [5, 5.41) is 20.9. The number of methoxy groups -OCH3 is 1. The van der Waals surface area contributed by atoms with Crippen molar-refractivity contribution in [2.45, 2.75) is 19.1 Å². The normalized spacial score (nSPS) is 24.2. The average Bonchev–Trinajstić information content (AvgIpc) is 3.02. The minimum Gasteiger partial charge on any atom is -0.504 e. The summed E-state index contributed by atoms with van der Waals surface area (Å²) in [6.07, 6.45) is -0.992. The van der Waals surface area contributed by atoms with E-state index in [1.54, 1.807) is 12.1 Å². The number of fused-ring (bicyclic) bond motifs is 2.